The zero-order chi connectivity index (χ0) is 13.6. The monoisotopic (exact) mass is 269 g/mol. The van der Waals surface area contributed by atoms with Crippen molar-refractivity contribution in [2.75, 3.05) is 13.7 Å². The maximum atomic E-state index is 6.30. The molecule has 0 bridgehead atoms. The summed E-state index contributed by atoms with van der Waals surface area (Å²) >= 11 is 6.30. The van der Waals surface area contributed by atoms with Gasteiger partial charge in [0.05, 0.1) is 7.11 Å². The van der Waals surface area contributed by atoms with E-state index in [1.807, 2.05) is 12.1 Å². The van der Waals surface area contributed by atoms with Crippen molar-refractivity contribution in [3.63, 3.8) is 0 Å². The van der Waals surface area contributed by atoms with Gasteiger partial charge in [0, 0.05) is 18.5 Å². The van der Waals surface area contributed by atoms with Crippen molar-refractivity contribution in [1.82, 2.24) is 5.32 Å². The van der Waals surface area contributed by atoms with Crippen LogP contribution in [0.2, 0.25) is 0 Å². The Hall–Kier alpha value is -0.730. The Bertz CT molecular complexity index is 343. The van der Waals surface area contributed by atoms with Crippen molar-refractivity contribution in [2.45, 2.75) is 39.1 Å². The highest BCUT2D eigenvalue weighted by Crippen LogP contribution is 2.23. The Morgan fingerprint density at radius 2 is 1.83 bits per heavy atom. The molecule has 0 radical (unpaired) electrons. The van der Waals surface area contributed by atoms with Crippen LogP contribution in [-0.4, -0.2) is 19.0 Å². The lowest BCUT2D eigenvalue weighted by atomic mass is 9.90. The van der Waals surface area contributed by atoms with Crippen molar-refractivity contribution in [3.8, 4) is 5.75 Å². The topological polar surface area (TPSA) is 21.3 Å². The van der Waals surface area contributed by atoms with Crippen LogP contribution in [-0.2, 0) is 6.54 Å². The summed E-state index contributed by atoms with van der Waals surface area (Å²) in [7, 11) is 1.68. The van der Waals surface area contributed by atoms with Crippen LogP contribution >= 0.6 is 11.6 Å². The van der Waals surface area contributed by atoms with Crippen LogP contribution in [0.5, 0.6) is 5.75 Å². The van der Waals surface area contributed by atoms with E-state index in [9.17, 15) is 0 Å². The molecule has 1 N–H and O–H groups in total. The van der Waals surface area contributed by atoms with Gasteiger partial charge >= 0.3 is 0 Å². The molecule has 1 unspecified atom stereocenters. The van der Waals surface area contributed by atoms with E-state index in [2.05, 4.69) is 38.2 Å². The Morgan fingerprint density at radius 3 is 2.33 bits per heavy atom. The predicted molar refractivity (Wildman–Crippen MR) is 78.4 cm³/mol. The third-order valence-electron chi connectivity index (χ3n) is 2.69. The van der Waals surface area contributed by atoms with E-state index in [-0.39, 0.29) is 10.8 Å². The first-order chi connectivity index (χ1) is 8.40. The summed E-state index contributed by atoms with van der Waals surface area (Å²) < 4.78 is 5.13. The molecule has 18 heavy (non-hydrogen) atoms. The van der Waals surface area contributed by atoms with Crippen molar-refractivity contribution in [2.24, 2.45) is 5.41 Å². The summed E-state index contributed by atoms with van der Waals surface area (Å²) in [6.45, 7) is 8.33. The van der Waals surface area contributed by atoms with E-state index in [0.717, 1.165) is 25.3 Å². The quantitative estimate of drug-likeness (QED) is 0.793. The number of hydrogen-bond donors (Lipinski definition) is 1. The van der Waals surface area contributed by atoms with Crippen LogP contribution < -0.4 is 10.1 Å². The molecule has 0 spiro atoms. The normalized spacial score (nSPS) is 13.4. The highest BCUT2D eigenvalue weighted by Gasteiger charge is 2.16. The molecule has 102 valence electrons. The number of benzene rings is 1. The molecule has 0 saturated heterocycles. The second-order valence-electron chi connectivity index (χ2n) is 5.84. The van der Waals surface area contributed by atoms with E-state index >= 15 is 0 Å². The van der Waals surface area contributed by atoms with E-state index in [4.69, 9.17) is 16.3 Å². The van der Waals surface area contributed by atoms with Crippen molar-refractivity contribution in [3.05, 3.63) is 29.8 Å². The number of alkyl halides is 1. The summed E-state index contributed by atoms with van der Waals surface area (Å²) in [5, 5.41) is 3.57. The van der Waals surface area contributed by atoms with Gasteiger partial charge in [0.25, 0.3) is 0 Å². The first-order valence-electron chi connectivity index (χ1n) is 6.38. The minimum Gasteiger partial charge on any atom is -0.497 e. The Balaban J connectivity index is 2.28. The van der Waals surface area contributed by atoms with Crippen LogP contribution in [0.4, 0.5) is 0 Å². The molecule has 0 aliphatic carbocycles. The second kappa shape index (κ2) is 7.01. The van der Waals surface area contributed by atoms with Crippen LogP contribution in [0.1, 0.15) is 32.8 Å². The van der Waals surface area contributed by atoms with E-state index in [1.165, 1.54) is 5.56 Å². The predicted octanol–water partition coefficient (Wildman–Crippen LogP) is 3.83. The maximum Gasteiger partial charge on any atom is 0.118 e. The zero-order valence-corrected chi connectivity index (χ0v) is 12.6. The third kappa shape index (κ3) is 6.27. The highest BCUT2D eigenvalue weighted by atomic mass is 35.5. The molecule has 2 nitrogen and oxygen atoms in total. The molecule has 1 rings (SSSR count). The smallest absolute Gasteiger partial charge is 0.118 e. The minimum absolute atomic E-state index is 0.184. The first-order valence-corrected chi connectivity index (χ1v) is 6.82. The molecule has 0 saturated carbocycles. The summed E-state index contributed by atoms with van der Waals surface area (Å²) in [6.07, 6.45) is 1.02. The van der Waals surface area contributed by atoms with Gasteiger partial charge < -0.3 is 10.1 Å². The summed E-state index contributed by atoms with van der Waals surface area (Å²) in [4.78, 5) is 0. The lowest BCUT2D eigenvalue weighted by Gasteiger charge is -2.22. The van der Waals surface area contributed by atoms with Crippen LogP contribution in [0.15, 0.2) is 24.3 Å². The fourth-order valence-electron chi connectivity index (χ4n) is 1.85. The molecular formula is C15H24ClNO. The molecular weight excluding hydrogens is 246 g/mol. The fourth-order valence-corrected chi connectivity index (χ4v) is 2.43. The molecule has 0 aliphatic heterocycles. The average molecular weight is 270 g/mol. The van der Waals surface area contributed by atoms with Gasteiger partial charge in [0.15, 0.2) is 0 Å². The number of halogens is 1. The van der Waals surface area contributed by atoms with Gasteiger partial charge in [-0.15, -0.1) is 11.6 Å². The molecule has 0 fully saturated rings. The Kier molecular flexibility index (Phi) is 5.97. The lowest BCUT2D eigenvalue weighted by Crippen LogP contribution is -2.26. The first kappa shape index (κ1) is 15.3. The van der Waals surface area contributed by atoms with E-state index in [0.29, 0.717) is 0 Å². The number of ether oxygens (including phenoxy) is 1. The second-order valence-corrected chi connectivity index (χ2v) is 6.46. The average Bonchev–Trinajstić information content (AvgIpc) is 2.27. The van der Waals surface area contributed by atoms with Gasteiger partial charge in [-0.05, 0) is 29.5 Å². The summed E-state index contributed by atoms with van der Waals surface area (Å²) in [5.74, 6) is 0.890. The zero-order valence-electron chi connectivity index (χ0n) is 11.8. The molecule has 1 aromatic rings. The number of hydrogen-bond acceptors (Lipinski definition) is 2. The van der Waals surface area contributed by atoms with Crippen LogP contribution in [0.3, 0.4) is 0 Å². The summed E-state index contributed by atoms with van der Waals surface area (Å²) in [5.41, 5.74) is 1.53. The van der Waals surface area contributed by atoms with Crippen LogP contribution in [0.25, 0.3) is 0 Å². The van der Waals surface area contributed by atoms with Crippen molar-refractivity contribution in [1.29, 1.82) is 0 Å². The molecule has 0 aliphatic rings. The van der Waals surface area contributed by atoms with Crippen molar-refractivity contribution < 1.29 is 4.74 Å². The van der Waals surface area contributed by atoms with Gasteiger partial charge in [-0.1, -0.05) is 32.9 Å². The fraction of sp³-hybridized carbons (Fsp3) is 0.600. The van der Waals surface area contributed by atoms with E-state index in [1.54, 1.807) is 7.11 Å². The van der Waals surface area contributed by atoms with Gasteiger partial charge in [0.2, 0.25) is 0 Å². The van der Waals surface area contributed by atoms with Crippen molar-refractivity contribution >= 4 is 11.6 Å². The highest BCUT2D eigenvalue weighted by molar-refractivity contribution is 6.20. The third-order valence-corrected chi connectivity index (χ3v) is 3.00. The van der Waals surface area contributed by atoms with E-state index < -0.39 is 0 Å². The molecule has 0 aromatic heterocycles. The van der Waals surface area contributed by atoms with Gasteiger partial charge in [-0.25, -0.2) is 0 Å². The molecule has 3 heteroatoms. The molecule has 0 heterocycles. The van der Waals surface area contributed by atoms with Gasteiger partial charge in [-0.3, -0.25) is 0 Å². The molecule has 0 amide bonds. The van der Waals surface area contributed by atoms with Crippen LogP contribution in [0, 0.1) is 5.41 Å². The van der Waals surface area contributed by atoms with Gasteiger partial charge in [-0.2, -0.15) is 0 Å². The Morgan fingerprint density at radius 1 is 1.22 bits per heavy atom. The molecule has 1 atom stereocenters. The van der Waals surface area contributed by atoms with Gasteiger partial charge in [0.1, 0.15) is 5.75 Å². The number of rotatable bonds is 6. The lowest BCUT2D eigenvalue weighted by molar-refractivity contribution is 0.364. The number of methoxy groups -OCH3 is 1. The molecule has 1 aromatic carbocycles. The number of nitrogens with one attached hydrogen (secondary N) is 1. The minimum atomic E-state index is 0.184. The summed E-state index contributed by atoms with van der Waals surface area (Å²) in [6, 6.07) is 8.09. The standard InChI is InChI=1S/C15H24ClNO/c1-15(2,3)9-13(16)11-17-10-12-5-7-14(18-4)8-6-12/h5-8,13,17H,9-11H2,1-4H3. The Labute approximate surface area is 116 Å². The largest absolute Gasteiger partial charge is 0.497 e. The SMILES string of the molecule is COc1ccc(CNCC(Cl)CC(C)(C)C)cc1. The maximum absolute atomic E-state index is 6.30.